The van der Waals surface area contributed by atoms with Crippen molar-refractivity contribution in [2.75, 3.05) is 6.61 Å². The Labute approximate surface area is 149 Å². The van der Waals surface area contributed by atoms with E-state index >= 15 is 0 Å². The molecule has 1 aromatic heterocycles. The van der Waals surface area contributed by atoms with Crippen LogP contribution in [0.15, 0.2) is 48.5 Å². The Morgan fingerprint density at radius 3 is 2.58 bits per heavy atom. The minimum absolute atomic E-state index is 0.0520. The first-order valence-corrected chi connectivity index (χ1v) is 8.08. The first-order chi connectivity index (χ1) is 12.5. The largest absolute Gasteiger partial charge is 0.484 e. The fourth-order valence-corrected chi connectivity index (χ4v) is 2.25. The van der Waals surface area contributed by atoms with E-state index < -0.39 is 5.97 Å². The van der Waals surface area contributed by atoms with Crippen LogP contribution < -0.4 is 14.9 Å². The minimum Gasteiger partial charge on any atom is -0.484 e. The molecule has 0 aliphatic heterocycles. The van der Waals surface area contributed by atoms with E-state index in [-0.39, 0.29) is 18.6 Å². The number of carbonyl (C=O) groups excluding carboxylic acids is 2. The van der Waals surface area contributed by atoms with Crippen molar-refractivity contribution in [3.63, 3.8) is 0 Å². The van der Waals surface area contributed by atoms with Gasteiger partial charge in [-0.1, -0.05) is 17.0 Å². The summed E-state index contributed by atoms with van der Waals surface area (Å²) in [6.07, 6.45) is 0. The molecule has 0 saturated carbocycles. The average molecular weight is 354 g/mol. The molecule has 2 aromatic carbocycles. The highest BCUT2D eigenvalue weighted by Gasteiger charge is 2.12. The van der Waals surface area contributed by atoms with Crippen LogP contribution in [-0.2, 0) is 4.79 Å². The van der Waals surface area contributed by atoms with Gasteiger partial charge in [0.25, 0.3) is 5.91 Å². The number of amides is 1. The summed E-state index contributed by atoms with van der Waals surface area (Å²) in [7, 11) is 0. The number of nitrogens with zero attached hydrogens (tertiary/aromatic N) is 3. The van der Waals surface area contributed by atoms with Crippen LogP contribution in [0.2, 0.25) is 0 Å². The van der Waals surface area contributed by atoms with Crippen LogP contribution in [0.1, 0.15) is 24.2 Å². The van der Waals surface area contributed by atoms with Gasteiger partial charge in [0.15, 0.2) is 6.61 Å². The van der Waals surface area contributed by atoms with E-state index in [4.69, 9.17) is 9.57 Å². The predicted octanol–water partition coefficient (Wildman–Crippen LogP) is 1.60. The zero-order valence-electron chi connectivity index (χ0n) is 14.4. The number of nitrogens with one attached hydrogen (secondary N) is 1. The smallest absolute Gasteiger partial charge is 0.365 e. The normalized spacial score (nSPS) is 10.7. The third kappa shape index (κ3) is 4.15. The Morgan fingerprint density at radius 2 is 1.85 bits per heavy atom. The fourth-order valence-electron chi connectivity index (χ4n) is 2.25. The summed E-state index contributed by atoms with van der Waals surface area (Å²) in [6.45, 7) is 3.65. The molecule has 3 rings (SSSR count). The average Bonchev–Trinajstić information content (AvgIpc) is 3.03. The van der Waals surface area contributed by atoms with Crippen molar-refractivity contribution in [1.82, 2.24) is 20.5 Å². The lowest BCUT2D eigenvalue weighted by Crippen LogP contribution is -2.34. The number of hydrogen-bond donors (Lipinski definition) is 1. The summed E-state index contributed by atoms with van der Waals surface area (Å²) in [4.78, 5) is 30.1. The van der Waals surface area contributed by atoms with Gasteiger partial charge < -0.3 is 14.9 Å². The number of ether oxygens (including phenoxy) is 1. The molecule has 0 atom stereocenters. The van der Waals surface area contributed by atoms with Crippen molar-refractivity contribution in [3.05, 3.63) is 54.1 Å². The Bertz CT molecular complexity index is 918. The molecule has 0 spiro atoms. The van der Waals surface area contributed by atoms with E-state index in [0.717, 1.165) is 4.85 Å². The summed E-state index contributed by atoms with van der Waals surface area (Å²) in [5.74, 6) is -0.307. The molecule has 3 aromatic rings. The van der Waals surface area contributed by atoms with Crippen LogP contribution in [0, 0.1) is 0 Å². The van der Waals surface area contributed by atoms with E-state index in [1.54, 1.807) is 42.5 Å². The van der Waals surface area contributed by atoms with Crippen LogP contribution in [-0.4, -0.2) is 39.7 Å². The minimum atomic E-state index is -0.579. The van der Waals surface area contributed by atoms with Crippen LogP contribution in [0.25, 0.3) is 11.0 Å². The van der Waals surface area contributed by atoms with Crippen LogP contribution in [0.5, 0.6) is 5.75 Å². The van der Waals surface area contributed by atoms with Crippen molar-refractivity contribution < 1.29 is 19.2 Å². The van der Waals surface area contributed by atoms with Crippen LogP contribution in [0.4, 0.5) is 0 Å². The summed E-state index contributed by atoms with van der Waals surface area (Å²) in [6, 6.07) is 13.5. The van der Waals surface area contributed by atoms with Gasteiger partial charge in [0.2, 0.25) is 0 Å². The summed E-state index contributed by atoms with van der Waals surface area (Å²) in [5.41, 5.74) is 1.55. The second-order valence-electron chi connectivity index (χ2n) is 5.87. The Balaban J connectivity index is 1.61. The monoisotopic (exact) mass is 354 g/mol. The van der Waals surface area contributed by atoms with E-state index in [9.17, 15) is 9.59 Å². The molecule has 0 aliphatic carbocycles. The molecule has 0 bridgehead atoms. The van der Waals surface area contributed by atoms with E-state index in [2.05, 4.69) is 15.6 Å². The topological polar surface area (TPSA) is 95.3 Å². The van der Waals surface area contributed by atoms with Crippen LogP contribution in [0.3, 0.4) is 0 Å². The number of para-hydroxylation sites is 1. The first kappa shape index (κ1) is 17.4. The second kappa shape index (κ2) is 7.64. The number of fused-ring (bicyclic) bond motifs is 1. The molecule has 0 unspecified atom stereocenters. The van der Waals surface area contributed by atoms with Gasteiger partial charge in [-0.2, -0.15) is 0 Å². The highest BCUT2D eigenvalue weighted by atomic mass is 16.7. The van der Waals surface area contributed by atoms with Gasteiger partial charge in [-0.05, 0) is 55.5 Å². The number of carbonyl (C=O) groups is 2. The Kier molecular flexibility index (Phi) is 5.12. The first-order valence-electron chi connectivity index (χ1n) is 8.08. The SMILES string of the molecule is CC(C)NC(=O)COc1ccc(C(=O)On2nnc3ccccc32)cc1. The maximum Gasteiger partial charge on any atom is 0.365 e. The molecule has 8 heteroatoms. The van der Waals surface area contributed by atoms with Gasteiger partial charge in [-0.25, -0.2) is 4.79 Å². The molecule has 0 aliphatic rings. The highest BCUT2D eigenvalue weighted by molar-refractivity contribution is 5.90. The van der Waals surface area contributed by atoms with Crippen molar-refractivity contribution in [1.29, 1.82) is 0 Å². The molecule has 26 heavy (non-hydrogen) atoms. The zero-order valence-corrected chi connectivity index (χ0v) is 14.4. The number of rotatable bonds is 6. The van der Waals surface area contributed by atoms with Crippen molar-refractivity contribution in [2.45, 2.75) is 19.9 Å². The Morgan fingerprint density at radius 1 is 1.12 bits per heavy atom. The lowest BCUT2D eigenvalue weighted by atomic mass is 10.2. The molecule has 8 nitrogen and oxygen atoms in total. The zero-order chi connectivity index (χ0) is 18.5. The number of hydrogen-bond acceptors (Lipinski definition) is 6. The standard InChI is InChI=1S/C18H18N4O4/c1-12(2)19-17(23)11-25-14-9-7-13(8-10-14)18(24)26-22-16-6-4-3-5-15(16)20-21-22/h3-10,12H,11H2,1-2H3,(H,19,23). The number of aromatic nitrogens is 3. The molecule has 0 saturated heterocycles. The summed E-state index contributed by atoms with van der Waals surface area (Å²) < 4.78 is 5.38. The fraction of sp³-hybridized carbons (Fsp3) is 0.222. The van der Waals surface area contributed by atoms with Gasteiger partial charge in [0, 0.05) is 6.04 Å². The van der Waals surface area contributed by atoms with E-state index in [1.807, 2.05) is 19.9 Å². The lowest BCUT2D eigenvalue weighted by Gasteiger charge is -2.10. The summed E-state index contributed by atoms with van der Waals surface area (Å²) in [5, 5.41) is 10.5. The van der Waals surface area contributed by atoms with Gasteiger partial charge in [0.1, 0.15) is 16.8 Å². The van der Waals surface area contributed by atoms with Gasteiger partial charge in [-0.15, -0.1) is 5.10 Å². The maximum atomic E-state index is 12.2. The quantitative estimate of drug-likeness (QED) is 0.676. The van der Waals surface area contributed by atoms with Gasteiger partial charge in [-0.3, -0.25) is 4.79 Å². The third-order valence-electron chi connectivity index (χ3n) is 3.40. The molecule has 134 valence electrons. The molecule has 1 heterocycles. The molecular formula is C18H18N4O4. The molecule has 0 fully saturated rings. The van der Waals surface area contributed by atoms with E-state index in [0.29, 0.717) is 22.3 Å². The van der Waals surface area contributed by atoms with E-state index in [1.165, 1.54) is 0 Å². The second-order valence-corrected chi connectivity index (χ2v) is 5.87. The maximum absolute atomic E-state index is 12.2. The lowest BCUT2D eigenvalue weighted by molar-refractivity contribution is -0.123. The third-order valence-corrected chi connectivity index (χ3v) is 3.40. The Hall–Kier alpha value is -3.42. The molecule has 1 amide bonds. The van der Waals surface area contributed by atoms with Gasteiger partial charge in [0.05, 0.1) is 5.56 Å². The highest BCUT2D eigenvalue weighted by Crippen LogP contribution is 2.13. The molecule has 1 N–H and O–H groups in total. The van der Waals surface area contributed by atoms with Crippen LogP contribution >= 0.6 is 0 Å². The predicted molar refractivity (Wildman–Crippen MR) is 93.7 cm³/mol. The van der Waals surface area contributed by atoms with Gasteiger partial charge >= 0.3 is 5.97 Å². The molecular weight excluding hydrogens is 336 g/mol. The van der Waals surface area contributed by atoms with Crippen molar-refractivity contribution >= 4 is 22.9 Å². The molecule has 0 radical (unpaired) electrons. The van der Waals surface area contributed by atoms with Crippen molar-refractivity contribution in [3.8, 4) is 5.75 Å². The number of benzene rings is 2. The van der Waals surface area contributed by atoms with Crippen molar-refractivity contribution in [2.24, 2.45) is 0 Å². The summed E-state index contributed by atoms with van der Waals surface area (Å²) >= 11 is 0.